The Morgan fingerprint density at radius 2 is 2.18 bits per heavy atom. The summed E-state index contributed by atoms with van der Waals surface area (Å²) >= 11 is 3.46. The predicted molar refractivity (Wildman–Crippen MR) is 66.6 cm³/mol. The van der Waals surface area contributed by atoms with Crippen molar-refractivity contribution in [1.29, 1.82) is 0 Å². The number of nitrogens with zero attached hydrogens (tertiary/aromatic N) is 3. The van der Waals surface area contributed by atoms with Crippen molar-refractivity contribution in [1.82, 2.24) is 15.1 Å². The van der Waals surface area contributed by atoms with E-state index in [1.54, 1.807) is 12.4 Å². The zero-order valence-electron chi connectivity index (χ0n) is 9.48. The number of aromatic nitrogens is 3. The van der Waals surface area contributed by atoms with Crippen LogP contribution in [-0.4, -0.2) is 15.1 Å². The van der Waals surface area contributed by atoms with E-state index in [0.717, 1.165) is 34.3 Å². The fourth-order valence-electron chi connectivity index (χ4n) is 1.89. The van der Waals surface area contributed by atoms with Crippen molar-refractivity contribution in [3.8, 4) is 11.4 Å². The Kier molecular flexibility index (Phi) is 2.70. The quantitative estimate of drug-likeness (QED) is 0.851. The summed E-state index contributed by atoms with van der Waals surface area (Å²) in [5, 5.41) is 4.04. The fraction of sp³-hybridized carbons (Fsp3) is 0.417. The summed E-state index contributed by atoms with van der Waals surface area (Å²) < 4.78 is 6.28. The minimum Gasteiger partial charge on any atom is -0.339 e. The van der Waals surface area contributed by atoms with Gasteiger partial charge < -0.3 is 4.52 Å². The summed E-state index contributed by atoms with van der Waals surface area (Å²) in [6.07, 6.45) is 7.13. The van der Waals surface area contributed by atoms with Gasteiger partial charge in [-0.25, -0.2) is 0 Å². The summed E-state index contributed by atoms with van der Waals surface area (Å²) in [6.45, 7) is 2.01. The van der Waals surface area contributed by atoms with Crippen LogP contribution in [0, 0.1) is 6.92 Å². The molecule has 17 heavy (non-hydrogen) atoms. The van der Waals surface area contributed by atoms with Crippen LogP contribution < -0.4 is 0 Å². The summed E-state index contributed by atoms with van der Waals surface area (Å²) in [6, 6.07) is 0. The van der Waals surface area contributed by atoms with Gasteiger partial charge in [0.15, 0.2) is 0 Å². The van der Waals surface area contributed by atoms with Crippen LogP contribution in [0.4, 0.5) is 0 Å². The molecule has 0 spiro atoms. The molecule has 3 rings (SSSR count). The van der Waals surface area contributed by atoms with Gasteiger partial charge >= 0.3 is 0 Å². The molecule has 2 aromatic rings. The van der Waals surface area contributed by atoms with E-state index in [0.29, 0.717) is 11.7 Å². The molecule has 1 fully saturated rings. The largest absolute Gasteiger partial charge is 0.339 e. The molecule has 0 saturated heterocycles. The lowest BCUT2D eigenvalue weighted by molar-refractivity contribution is 0.292. The molecule has 1 saturated carbocycles. The second-order valence-electron chi connectivity index (χ2n) is 4.38. The lowest BCUT2D eigenvalue weighted by Gasteiger charge is -2.20. The molecule has 0 aromatic carbocycles. The van der Waals surface area contributed by atoms with Crippen LogP contribution in [0.25, 0.3) is 11.4 Å². The number of rotatable bonds is 2. The van der Waals surface area contributed by atoms with Gasteiger partial charge in [-0.15, -0.1) is 0 Å². The molecule has 1 aliphatic carbocycles. The highest BCUT2D eigenvalue weighted by molar-refractivity contribution is 9.10. The maximum absolute atomic E-state index is 5.31. The highest BCUT2D eigenvalue weighted by atomic mass is 79.9. The number of hydrogen-bond donors (Lipinski definition) is 0. The fourth-order valence-corrected chi connectivity index (χ4v) is 2.22. The van der Waals surface area contributed by atoms with Crippen LogP contribution >= 0.6 is 15.9 Å². The van der Waals surface area contributed by atoms with Gasteiger partial charge in [0, 0.05) is 28.3 Å². The van der Waals surface area contributed by atoms with Crippen LogP contribution in [0.3, 0.4) is 0 Å². The lowest BCUT2D eigenvalue weighted by Crippen LogP contribution is -2.08. The SMILES string of the molecule is Cc1c(Br)cncc1-c1noc(C2CCC2)n1. The minimum absolute atomic E-state index is 0.469. The molecule has 0 atom stereocenters. The second-order valence-corrected chi connectivity index (χ2v) is 5.23. The van der Waals surface area contributed by atoms with Crippen LogP contribution in [0.1, 0.15) is 36.6 Å². The summed E-state index contributed by atoms with van der Waals surface area (Å²) in [4.78, 5) is 8.61. The number of hydrogen-bond acceptors (Lipinski definition) is 4. The molecular weight excluding hydrogens is 282 g/mol. The third kappa shape index (κ3) is 1.88. The van der Waals surface area contributed by atoms with E-state index >= 15 is 0 Å². The van der Waals surface area contributed by atoms with Crippen molar-refractivity contribution in [3.05, 3.63) is 28.3 Å². The first-order valence-electron chi connectivity index (χ1n) is 5.70. The molecule has 88 valence electrons. The van der Waals surface area contributed by atoms with E-state index in [4.69, 9.17) is 4.52 Å². The van der Waals surface area contributed by atoms with E-state index in [1.165, 1.54) is 6.42 Å². The van der Waals surface area contributed by atoms with E-state index in [2.05, 4.69) is 31.1 Å². The van der Waals surface area contributed by atoms with Gasteiger partial charge in [0.1, 0.15) is 0 Å². The Hall–Kier alpha value is -1.23. The Balaban J connectivity index is 1.97. The topological polar surface area (TPSA) is 51.8 Å². The van der Waals surface area contributed by atoms with Crippen molar-refractivity contribution in [2.45, 2.75) is 32.1 Å². The van der Waals surface area contributed by atoms with Gasteiger partial charge in [-0.1, -0.05) is 11.6 Å². The molecule has 5 heteroatoms. The highest BCUT2D eigenvalue weighted by Crippen LogP contribution is 2.36. The molecular formula is C12H12BrN3O. The molecule has 0 bridgehead atoms. The maximum Gasteiger partial charge on any atom is 0.230 e. The first-order chi connectivity index (χ1) is 8.25. The first kappa shape index (κ1) is 10.9. The molecule has 0 amide bonds. The molecule has 2 aromatic heterocycles. The van der Waals surface area contributed by atoms with E-state index in [-0.39, 0.29) is 0 Å². The molecule has 1 aliphatic rings. The number of halogens is 1. The smallest absolute Gasteiger partial charge is 0.230 e. The molecule has 0 unspecified atom stereocenters. The van der Waals surface area contributed by atoms with Crippen LogP contribution in [0.15, 0.2) is 21.4 Å². The van der Waals surface area contributed by atoms with Gasteiger partial charge in [0.2, 0.25) is 11.7 Å². The zero-order valence-corrected chi connectivity index (χ0v) is 11.1. The predicted octanol–water partition coefficient (Wildman–Crippen LogP) is 3.47. The summed E-state index contributed by atoms with van der Waals surface area (Å²) in [5.74, 6) is 1.88. The van der Waals surface area contributed by atoms with Crippen LogP contribution in [-0.2, 0) is 0 Å². The molecule has 0 N–H and O–H groups in total. The average Bonchev–Trinajstić information content (AvgIpc) is 2.68. The van der Waals surface area contributed by atoms with Crippen molar-refractivity contribution in [2.24, 2.45) is 0 Å². The van der Waals surface area contributed by atoms with E-state index < -0.39 is 0 Å². The Morgan fingerprint density at radius 1 is 1.35 bits per heavy atom. The summed E-state index contributed by atoms with van der Waals surface area (Å²) in [7, 11) is 0. The van der Waals surface area contributed by atoms with Gasteiger partial charge in [0.05, 0.1) is 0 Å². The Morgan fingerprint density at radius 3 is 2.88 bits per heavy atom. The standard InChI is InChI=1S/C12H12BrN3O/c1-7-9(5-14-6-10(7)13)11-15-12(17-16-11)8-3-2-4-8/h5-6,8H,2-4H2,1H3. The van der Waals surface area contributed by atoms with E-state index in [9.17, 15) is 0 Å². The monoisotopic (exact) mass is 293 g/mol. The zero-order chi connectivity index (χ0) is 11.8. The maximum atomic E-state index is 5.31. The average molecular weight is 294 g/mol. The van der Waals surface area contributed by atoms with Gasteiger partial charge in [-0.05, 0) is 41.3 Å². The van der Waals surface area contributed by atoms with E-state index in [1.807, 2.05) is 6.92 Å². The van der Waals surface area contributed by atoms with Crippen molar-refractivity contribution < 1.29 is 4.52 Å². The van der Waals surface area contributed by atoms with Gasteiger partial charge in [-0.2, -0.15) is 4.98 Å². The molecule has 0 aliphatic heterocycles. The Labute approximate surface area is 108 Å². The van der Waals surface area contributed by atoms with Crippen molar-refractivity contribution >= 4 is 15.9 Å². The third-order valence-corrected chi connectivity index (χ3v) is 4.09. The summed E-state index contributed by atoms with van der Waals surface area (Å²) in [5.41, 5.74) is 2.01. The van der Waals surface area contributed by atoms with Gasteiger partial charge in [-0.3, -0.25) is 4.98 Å². The highest BCUT2D eigenvalue weighted by Gasteiger charge is 2.26. The third-order valence-electron chi connectivity index (χ3n) is 3.29. The van der Waals surface area contributed by atoms with Crippen LogP contribution in [0.5, 0.6) is 0 Å². The van der Waals surface area contributed by atoms with Crippen molar-refractivity contribution in [3.63, 3.8) is 0 Å². The molecule has 2 heterocycles. The normalized spacial score (nSPS) is 15.9. The van der Waals surface area contributed by atoms with Gasteiger partial charge in [0.25, 0.3) is 0 Å². The van der Waals surface area contributed by atoms with Crippen molar-refractivity contribution in [2.75, 3.05) is 0 Å². The molecule has 4 nitrogen and oxygen atoms in total. The number of pyridine rings is 1. The first-order valence-corrected chi connectivity index (χ1v) is 6.49. The lowest BCUT2D eigenvalue weighted by atomic mass is 9.85. The second kappa shape index (κ2) is 4.22. The molecule has 0 radical (unpaired) electrons. The minimum atomic E-state index is 0.469. The Bertz CT molecular complexity index is 548. The van der Waals surface area contributed by atoms with Crippen LogP contribution in [0.2, 0.25) is 0 Å².